The van der Waals surface area contributed by atoms with E-state index in [1.807, 2.05) is 68.4 Å². The molecule has 9 heteroatoms. The predicted molar refractivity (Wildman–Crippen MR) is 139 cm³/mol. The predicted octanol–water partition coefficient (Wildman–Crippen LogP) is 5.11. The third-order valence-electron chi connectivity index (χ3n) is 6.02. The smallest absolute Gasteiger partial charge is 0.296 e. The fourth-order valence-corrected chi connectivity index (χ4v) is 5.06. The molecule has 0 aliphatic heterocycles. The first-order valence-corrected chi connectivity index (χ1v) is 12.6. The molecule has 182 valence electrons. The summed E-state index contributed by atoms with van der Waals surface area (Å²) < 4.78 is 42.1. The second-order valence-electron chi connectivity index (χ2n) is 8.50. The number of benzene rings is 3. The summed E-state index contributed by atoms with van der Waals surface area (Å²) in [5.41, 5.74) is 11.1. The van der Waals surface area contributed by atoms with Gasteiger partial charge in [0.05, 0.1) is 11.1 Å². The Kier molecular flexibility index (Phi) is 5.95. The molecule has 0 aliphatic carbocycles. The van der Waals surface area contributed by atoms with Gasteiger partial charge in [-0.1, -0.05) is 48.5 Å². The van der Waals surface area contributed by atoms with Gasteiger partial charge in [-0.2, -0.15) is 8.42 Å². The number of hydrogen-bond donors (Lipinski definition) is 2. The number of nitrogens with zero attached hydrogens (tertiary/aromatic N) is 3. The van der Waals surface area contributed by atoms with Crippen molar-refractivity contribution in [1.29, 1.82) is 0 Å². The molecule has 36 heavy (non-hydrogen) atoms. The van der Waals surface area contributed by atoms with Gasteiger partial charge < -0.3 is 10.5 Å². The third kappa shape index (κ3) is 4.30. The van der Waals surface area contributed by atoms with E-state index in [0.29, 0.717) is 29.1 Å². The Morgan fingerprint density at radius 1 is 0.972 bits per heavy atom. The largest absolute Gasteiger partial charge is 0.489 e. The highest BCUT2D eigenvalue weighted by Gasteiger charge is 2.25. The zero-order chi connectivity index (χ0) is 25.4. The van der Waals surface area contributed by atoms with Crippen LogP contribution in [0.3, 0.4) is 0 Å². The van der Waals surface area contributed by atoms with Crippen LogP contribution in [0.1, 0.15) is 16.8 Å². The zero-order valence-corrected chi connectivity index (χ0v) is 20.5. The Bertz CT molecular complexity index is 1700. The molecule has 0 amide bonds. The highest BCUT2D eigenvalue weighted by atomic mass is 32.2. The summed E-state index contributed by atoms with van der Waals surface area (Å²) in [7, 11) is -4.51. The van der Waals surface area contributed by atoms with E-state index in [-0.39, 0.29) is 16.4 Å². The van der Waals surface area contributed by atoms with E-state index in [0.717, 1.165) is 22.3 Å². The summed E-state index contributed by atoms with van der Waals surface area (Å²) in [6.07, 6.45) is 1.33. The van der Waals surface area contributed by atoms with Crippen molar-refractivity contribution in [3.63, 3.8) is 0 Å². The maximum absolute atomic E-state index is 12.2. The number of anilines is 1. The van der Waals surface area contributed by atoms with E-state index in [1.165, 1.54) is 12.4 Å². The van der Waals surface area contributed by atoms with E-state index < -0.39 is 10.1 Å². The molecule has 0 atom stereocenters. The highest BCUT2D eigenvalue weighted by Crippen LogP contribution is 2.40. The zero-order valence-electron chi connectivity index (χ0n) is 19.7. The van der Waals surface area contributed by atoms with Crippen LogP contribution in [0, 0.1) is 13.8 Å². The van der Waals surface area contributed by atoms with E-state index in [9.17, 15) is 13.0 Å². The molecule has 0 fully saturated rings. The minimum atomic E-state index is -4.51. The standard InChI is InChI=1S/C27H24N4O4S/c1-17-11-12-23(36(32,33)34)22(13-17)31-18(2)24(25-26(28)29-16-30-27(25)31)20-9-6-10-21(14-20)35-15-19-7-4-3-5-8-19/h3-14,16H,15H2,1-2H3,(H2,28,29,30)(H,32,33,34). The van der Waals surface area contributed by atoms with Crippen molar-refractivity contribution in [2.45, 2.75) is 25.3 Å². The third-order valence-corrected chi connectivity index (χ3v) is 6.92. The molecule has 0 unspecified atom stereocenters. The van der Waals surface area contributed by atoms with Gasteiger partial charge in [0.25, 0.3) is 10.1 Å². The summed E-state index contributed by atoms with van der Waals surface area (Å²) in [4.78, 5) is 8.40. The van der Waals surface area contributed by atoms with Crippen LogP contribution in [-0.2, 0) is 16.7 Å². The summed E-state index contributed by atoms with van der Waals surface area (Å²) >= 11 is 0. The van der Waals surface area contributed by atoms with Crippen LogP contribution >= 0.6 is 0 Å². The monoisotopic (exact) mass is 500 g/mol. The number of nitrogens with two attached hydrogens (primary N) is 1. The molecule has 5 aromatic rings. The molecule has 2 heterocycles. The SMILES string of the molecule is Cc1ccc(S(=O)(=O)O)c(-n2c(C)c(-c3cccc(OCc4ccccc4)c3)c3c(N)ncnc32)c1. The molecule has 3 aromatic carbocycles. The Hall–Kier alpha value is -4.21. The lowest BCUT2D eigenvalue weighted by Gasteiger charge is -2.13. The quantitative estimate of drug-likeness (QED) is 0.311. The number of aryl methyl sites for hydroxylation is 1. The lowest BCUT2D eigenvalue weighted by atomic mass is 10.0. The van der Waals surface area contributed by atoms with Gasteiger partial charge in [-0.3, -0.25) is 9.12 Å². The average Bonchev–Trinajstić information content (AvgIpc) is 3.15. The van der Waals surface area contributed by atoms with Crippen LogP contribution in [0.4, 0.5) is 5.82 Å². The number of hydrogen-bond acceptors (Lipinski definition) is 6. The number of nitrogen functional groups attached to an aromatic ring is 1. The van der Waals surface area contributed by atoms with Crippen LogP contribution in [-0.4, -0.2) is 27.5 Å². The van der Waals surface area contributed by atoms with Crippen molar-refractivity contribution in [2.24, 2.45) is 0 Å². The maximum Gasteiger partial charge on any atom is 0.296 e. The van der Waals surface area contributed by atoms with Gasteiger partial charge in [-0.15, -0.1) is 0 Å². The molecule has 2 aromatic heterocycles. The van der Waals surface area contributed by atoms with Crippen LogP contribution in [0.2, 0.25) is 0 Å². The highest BCUT2D eigenvalue weighted by molar-refractivity contribution is 7.86. The normalized spacial score (nSPS) is 11.6. The average molecular weight is 501 g/mol. The fourth-order valence-electron chi connectivity index (χ4n) is 4.40. The van der Waals surface area contributed by atoms with Crippen molar-refractivity contribution < 1.29 is 17.7 Å². The summed E-state index contributed by atoms with van der Waals surface area (Å²) in [5.74, 6) is 0.926. The van der Waals surface area contributed by atoms with Crippen molar-refractivity contribution >= 4 is 27.0 Å². The first-order valence-electron chi connectivity index (χ1n) is 11.2. The van der Waals surface area contributed by atoms with Crippen molar-refractivity contribution in [1.82, 2.24) is 14.5 Å². The maximum atomic E-state index is 12.2. The fraction of sp³-hybridized carbons (Fsp3) is 0.111. The van der Waals surface area contributed by atoms with Gasteiger partial charge >= 0.3 is 0 Å². The molecular weight excluding hydrogens is 476 g/mol. The Morgan fingerprint density at radius 2 is 1.75 bits per heavy atom. The van der Waals surface area contributed by atoms with E-state index in [1.54, 1.807) is 16.7 Å². The van der Waals surface area contributed by atoms with Crippen LogP contribution in [0.5, 0.6) is 5.75 Å². The Labute approximate surface area is 208 Å². The number of ether oxygens (including phenoxy) is 1. The van der Waals surface area contributed by atoms with Crippen LogP contribution in [0.25, 0.3) is 27.8 Å². The molecule has 0 saturated carbocycles. The molecule has 8 nitrogen and oxygen atoms in total. The van der Waals surface area contributed by atoms with Crippen LogP contribution < -0.4 is 10.5 Å². The van der Waals surface area contributed by atoms with E-state index in [2.05, 4.69) is 9.97 Å². The summed E-state index contributed by atoms with van der Waals surface area (Å²) in [6, 6.07) is 22.2. The molecule has 0 radical (unpaired) electrons. The Morgan fingerprint density at radius 3 is 2.50 bits per heavy atom. The van der Waals surface area contributed by atoms with Gasteiger partial charge in [0.15, 0.2) is 5.65 Å². The summed E-state index contributed by atoms with van der Waals surface area (Å²) in [5, 5.41) is 0.581. The minimum Gasteiger partial charge on any atom is -0.489 e. The molecule has 0 spiro atoms. The molecule has 0 bridgehead atoms. The van der Waals surface area contributed by atoms with Crippen molar-refractivity contribution in [3.8, 4) is 22.6 Å². The second-order valence-corrected chi connectivity index (χ2v) is 9.89. The van der Waals surface area contributed by atoms with Crippen LogP contribution in [0.15, 0.2) is 84.0 Å². The number of fused-ring (bicyclic) bond motifs is 1. The number of rotatable bonds is 6. The molecule has 0 aliphatic rings. The first kappa shape index (κ1) is 23.5. The van der Waals surface area contributed by atoms with E-state index >= 15 is 0 Å². The van der Waals surface area contributed by atoms with Gasteiger partial charge in [-0.25, -0.2) is 9.97 Å². The molecular formula is C27H24N4O4S. The molecule has 0 saturated heterocycles. The lowest BCUT2D eigenvalue weighted by molar-refractivity contribution is 0.306. The van der Waals surface area contributed by atoms with Crippen molar-refractivity contribution in [3.05, 3.63) is 95.9 Å². The second kappa shape index (κ2) is 9.10. The van der Waals surface area contributed by atoms with Gasteiger partial charge in [0.2, 0.25) is 0 Å². The molecule has 5 rings (SSSR count). The Balaban J connectivity index is 1.70. The van der Waals surface area contributed by atoms with Gasteiger partial charge in [-0.05, 0) is 54.8 Å². The molecule has 3 N–H and O–H groups in total. The lowest BCUT2D eigenvalue weighted by Crippen LogP contribution is -2.08. The minimum absolute atomic E-state index is 0.225. The summed E-state index contributed by atoms with van der Waals surface area (Å²) in [6.45, 7) is 4.11. The van der Waals surface area contributed by atoms with E-state index in [4.69, 9.17) is 10.5 Å². The topological polar surface area (TPSA) is 120 Å². The first-order chi connectivity index (χ1) is 17.2. The van der Waals surface area contributed by atoms with Gasteiger partial charge in [0.1, 0.15) is 29.4 Å². The number of aromatic nitrogens is 3. The van der Waals surface area contributed by atoms with Gasteiger partial charge in [0, 0.05) is 11.3 Å². The van der Waals surface area contributed by atoms with Crippen molar-refractivity contribution in [2.75, 3.05) is 5.73 Å².